The summed E-state index contributed by atoms with van der Waals surface area (Å²) in [6.45, 7) is 0.490. The van der Waals surface area contributed by atoms with E-state index in [0.717, 1.165) is 33.7 Å². The van der Waals surface area contributed by atoms with E-state index >= 15 is 0 Å². The molecule has 1 aliphatic rings. The average molecular weight is 365 g/mol. The molecule has 0 atom stereocenters. The maximum Gasteiger partial charge on any atom is 0.224 e. The van der Waals surface area contributed by atoms with Crippen LogP contribution in [0.3, 0.4) is 0 Å². The zero-order valence-electron chi connectivity index (χ0n) is 14.0. The van der Waals surface area contributed by atoms with Gasteiger partial charge in [-0.1, -0.05) is 23.7 Å². The molecule has 3 aromatic rings. The number of fused-ring (bicyclic) bond motifs is 3. The van der Waals surface area contributed by atoms with Crippen LogP contribution in [0.2, 0.25) is 5.02 Å². The summed E-state index contributed by atoms with van der Waals surface area (Å²) in [6.07, 6.45) is 4.68. The first kappa shape index (κ1) is 16.6. The highest BCUT2D eigenvalue weighted by molar-refractivity contribution is 6.30. The molecule has 0 fully saturated rings. The largest absolute Gasteiger partial charge is 0.488 e. The number of aromatic nitrogens is 1. The topological polar surface area (TPSA) is 51.2 Å². The van der Waals surface area contributed by atoms with E-state index in [9.17, 15) is 4.79 Å². The Morgan fingerprint density at radius 1 is 1.12 bits per heavy atom. The summed E-state index contributed by atoms with van der Waals surface area (Å²) in [6, 6.07) is 15.3. The van der Waals surface area contributed by atoms with E-state index in [1.54, 1.807) is 6.20 Å². The first-order valence-corrected chi connectivity index (χ1v) is 8.81. The fourth-order valence-electron chi connectivity index (χ4n) is 3.03. The zero-order valence-corrected chi connectivity index (χ0v) is 14.8. The Bertz CT molecular complexity index is 954. The number of anilines is 1. The fourth-order valence-corrected chi connectivity index (χ4v) is 3.16. The van der Waals surface area contributed by atoms with E-state index in [4.69, 9.17) is 16.3 Å². The molecule has 0 bridgehead atoms. The van der Waals surface area contributed by atoms with E-state index in [1.165, 1.54) is 0 Å². The highest BCUT2D eigenvalue weighted by Crippen LogP contribution is 2.38. The second kappa shape index (κ2) is 7.18. The number of carbonyl (C=O) groups excluding carboxylic acids is 1. The molecule has 2 aromatic carbocycles. The van der Waals surface area contributed by atoms with Crippen LogP contribution in [0.4, 0.5) is 5.69 Å². The normalized spacial score (nSPS) is 11.9. The van der Waals surface area contributed by atoms with Crippen molar-refractivity contribution in [2.75, 3.05) is 5.32 Å². The second-order valence-corrected chi connectivity index (χ2v) is 6.64. The van der Waals surface area contributed by atoms with Gasteiger partial charge in [-0.3, -0.25) is 9.78 Å². The van der Waals surface area contributed by atoms with Gasteiger partial charge < -0.3 is 10.1 Å². The summed E-state index contributed by atoms with van der Waals surface area (Å²) in [5.74, 6) is 0.750. The van der Waals surface area contributed by atoms with Gasteiger partial charge in [-0.05, 0) is 47.9 Å². The second-order valence-electron chi connectivity index (χ2n) is 6.21. The minimum Gasteiger partial charge on any atom is -0.488 e. The predicted octanol–water partition coefficient (Wildman–Crippen LogP) is 4.87. The summed E-state index contributed by atoms with van der Waals surface area (Å²) >= 11 is 5.88. The van der Waals surface area contributed by atoms with Crippen LogP contribution in [0, 0.1) is 0 Å². The molecule has 4 nitrogen and oxygen atoms in total. The number of benzene rings is 2. The van der Waals surface area contributed by atoms with Crippen molar-refractivity contribution in [3.05, 3.63) is 77.1 Å². The van der Waals surface area contributed by atoms with Gasteiger partial charge in [-0.15, -0.1) is 0 Å². The van der Waals surface area contributed by atoms with Gasteiger partial charge in [-0.2, -0.15) is 0 Å². The van der Waals surface area contributed by atoms with Crippen molar-refractivity contribution in [1.82, 2.24) is 4.98 Å². The third kappa shape index (κ3) is 3.55. The number of nitrogens with zero attached hydrogens (tertiary/aromatic N) is 1. The molecule has 4 rings (SSSR count). The number of carbonyl (C=O) groups is 1. The van der Waals surface area contributed by atoms with E-state index in [0.29, 0.717) is 24.5 Å². The molecule has 0 saturated heterocycles. The minimum atomic E-state index is -0.0275. The van der Waals surface area contributed by atoms with Crippen LogP contribution in [0.5, 0.6) is 5.75 Å². The van der Waals surface area contributed by atoms with E-state index in [2.05, 4.69) is 10.3 Å². The summed E-state index contributed by atoms with van der Waals surface area (Å²) in [5, 5.41) is 3.64. The quantitative estimate of drug-likeness (QED) is 0.718. The number of rotatable bonds is 4. The summed E-state index contributed by atoms with van der Waals surface area (Å²) in [5.41, 5.74) is 5.04. The summed E-state index contributed by atoms with van der Waals surface area (Å²) in [7, 11) is 0. The number of nitrogens with one attached hydrogen (secondary N) is 1. The number of aryl methyl sites for hydroxylation is 1. The summed E-state index contributed by atoms with van der Waals surface area (Å²) in [4.78, 5) is 16.4. The molecule has 5 heteroatoms. The first-order valence-electron chi connectivity index (χ1n) is 8.43. The van der Waals surface area contributed by atoms with Gasteiger partial charge in [0.25, 0.3) is 0 Å². The maximum atomic E-state index is 12.2. The van der Waals surface area contributed by atoms with Crippen LogP contribution in [0.15, 0.2) is 60.9 Å². The molecule has 0 saturated carbocycles. The van der Waals surface area contributed by atoms with Crippen molar-refractivity contribution in [2.45, 2.75) is 19.4 Å². The number of halogens is 1. The number of ether oxygens (including phenoxy) is 1. The van der Waals surface area contributed by atoms with Gasteiger partial charge in [-0.25, -0.2) is 0 Å². The zero-order chi connectivity index (χ0) is 17.9. The molecule has 0 spiro atoms. The molecular weight excluding hydrogens is 348 g/mol. The molecule has 1 aliphatic heterocycles. The third-order valence-corrected chi connectivity index (χ3v) is 4.65. The number of hydrogen-bond acceptors (Lipinski definition) is 3. The van der Waals surface area contributed by atoms with Crippen molar-refractivity contribution >= 4 is 23.2 Å². The van der Waals surface area contributed by atoms with Gasteiger partial charge in [0.1, 0.15) is 12.4 Å². The van der Waals surface area contributed by atoms with Crippen molar-refractivity contribution < 1.29 is 9.53 Å². The highest BCUT2D eigenvalue weighted by atomic mass is 35.5. The Morgan fingerprint density at radius 3 is 2.81 bits per heavy atom. The van der Waals surface area contributed by atoms with E-state index in [-0.39, 0.29) is 5.91 Å². The molecule has 0 aliphatic carbocycles. The SMILES string of the molecule is O=C(CCc1ccc(Cl)cc1)Nc1ccc2c(c1)OCc1cnccc1-2. The first-order chi connectivity index (χ1) is 12.7. The number of amides is 1. The third-order valence-electron chi connectivity index (χ3n) is 4.40. The van der Waals surface area contributed by atoms with Gasteiger partial charge in [0.2, 0.25) is 5.91 Å². The number of pyridine rings is 1. The van der Waals surface area contributed by atoms with Crippen LogP contribution in [0.1, 0.15) is 17.5 Å². The van der Waals surface area contributed by atoms with Crippen molar-refractivity contribution in [3.8, 4) is 16.9 Å². The predicted molar refractivity (Wildman–Crippen MR) is 102 cm³/mol. The van der Waals surface area contributed by atoms with E-state index < -0.39 is 0 Å². The van der Waals surface area contributed by atoms with Crippen LogP contribution in [-0.2, 0) is 17.8 Å². The van der Waals surface area contributed by atoms with E-state index in [1.807, 2.05) is 54.7 Å². The molecule has 1 aromatic heterocycles. The van der Waals surface area contributed by atoms with Crippen molar-refractivity contribution in [3.63, 3.8) is 0 Å². The Kier molecular flexibility index (Phi) is 4.59. The Hall–Kier alpha value is -2.85. The average Bonchev–Trinajstić information content (AvgIpc) is 2.67. The molecule has 26 heavy (non-hydrogen) atoms. The lowest BCUT2D eigenvalue weighted by Crippen LogP contribution is -2.13. The molecule has 1 amide bonds. The molecule has 130 valence electrons. The molecule has 0 unspecified atom stereocenters. The maximum absolute atomic E-state index is 12.2. The van der Waals surface area contributed by atoms with Gasteiger partial charge in [0.05, 0.1) is 0 Å². The van der Waals surface area contributed by atoms with Crippen LogP contribution < -0.4 is 10.1 Å². The molecule has 1 N–H and O–H groups in total. The lowest BCUT2D eigenvalue weighted by Gasteiger charge is -2.21. The van der Waals surface area contributed by atoms with Crippen LogP contribution >= 0.6 is 11.6 Å². The van der Waals surface area contributed by atoms with Gasteiger partial charge in [0.15, 0.2) is 0 Å². The standard InChI is InChI=1S/C21H17ClN2O2/c22-16-4-1-14(2-5-16)3-8-21(25)24-17-6-7-19-18-9-10-23-12-15(18)13-26-20(19)11-17/h1-2,4-7,9-12H,3,8,13H2,(H,24,25). The highest BCUT2D eigenvalue weighted by Gasteiger charge is 2.17. The monoisotopic (exact) mass is 364 g/mol. The lowest BCUT2D eigenvalue weighted by atomic mass is 9.98. The molecular formula is C21H17ClN2O2. The Morgan fingerprint density at radius 2 is 1.96 bits per heavy atom. The minimum absolute atomic E-state index is 0.0275. The van der Waals surface area contributed by atoms with Crippen molar-refractivity contribution in [2.24, 2.45) is 0 Å². The van der Waals surface area contributed by atoms with Gasteiger partial charge in [0, 0.05) is 46.7 Å². The smallest absolute Gasteiger partial charge is 0.224 e. The van der Waals surface area contributed by atoms with Gasteiger partial charge >= 0.3 is 0 Å². The summed E-state index contributed by atoms with van der Waals surface area (Å²) < 4.78 is 5.81. The lowest BCUT2D eigenvalue weighted by molar-refractivity contribution is -0.116. The van der Waals surface area contributed by atoms with Crippen LogP contribution in [0.25, 0.3) is 11.1 Å². The Balaban J connectivity index is 1.43. The Labute approximate surface area is 156 Å². The number of hydrogen-bond donors (Lipinski definition) is 1. The van der Waals surface area contributed by atoms with Crippen molar-refractivity contribution in [1.29, 1.82) is 0 Å². The molecule has 0 radical (unpaired) electrons. The van der Waals surface area contributed by atoms with Crippen LogP contribution in [-0.4, -0.2) is 10.9 Å². The fraction of sp³-hybridized carbons (Fsp3) is 0.143. The molecule has 2 heterocycles.